The van der Waals surface area contributed by atoms with Gasteiger partial charge in [-0.05, 0) is 29.7 Å². The van der Waals surface area contributed by atoms with Crippen LogP contribution in [0.15, 0.2) is 36.9 Å². The fourth-order valence-electron chi connectivity index (χ4n) is 1.96. The van der Waals surface area contributed by atoms with Crippen molar-refractivity contribution in [3.05, 3.63) is 41.9 Å². The first-order valence-electron chi connectivity index (χ1n) is 7.34. The van der Waals surface area contributed by atoms with Gasteiger partial charge in [-0.1, -0.05) is 32.4 Å². The predicted octanol–water partition coefficient (Wildman–Crippen LogP) is 2.37. The lowest BCUT2D eigenvalue weighted by molar-refractivity contribution is -0.119. The summed E-state index contributed by atoms with van der Waals surface area (Å²) in [5, 5.41) is 14.9. The van der Waals surface area contributed by atoms with Gasteiger partial charge in [-0.15, -0.1) is 0 Å². The molecule has 1 aromatic heterocycles. The number of carbonyl (C=O) groups excluding carboxylic acids is 1. The predicted molar refractivity (Wildman–Crippen MR) is 89.3 cm³/mol. The second-order valence-corrected chi connectivity index (χ2v) is 6.89. The summed E-state index contributed by atoms with van der Waals surface area (Å²) in [6, 6.07) is 6.96. The first-order valence-corrected chi connectivity index (χ1v) is 7.71. The van der Waals surface area contributed by atoms with Crippen LogP contribution < -0.4 is 4.90 Å². The third-order valence-electron chi connectivity index (χ3n) is 3.56. The van der Waals surface area contributed by atoms with E-state index in [1.807, 2.05) is 20.8 Å². The monoisotopic (exact) mass is 336 g/mol. The third-order valence-corrected chi connectivity index (χ3v) is 3.81. The molecule has 1 N–H and O–H groups in total. The van der Waals surface area contributed by atoms with Gasteiger partial charge in [0, 0.05) is 10.7 Å². The second kappa shape index (κ2) is 7.10. The molecule has 0 saturated carbocycles. The first kappa shape index (κ1) is 17.4. The SMILES string of the molecule is CC(C)(C)C(O)CN(C(=O)Cn1cncn1)c1ccc(Cl)cc1. The fourth-order valence-corrected chi connectivity index (χ4v) is 2.08. The number of aliphatic hydroxyl groups excluding tert-OH is 1. The van der Waals surface area contributed by atoms with E-state index in [1.165, 1.54) is 17.3 Å². The number of aliphatic hydroxyl groups is 1. The lowest BCUT2D eigenvalue weighted by Crippen LogP contribution is -2.44. The van der Waals surface area contributed by atoms with E-state index >= 15 is 0 Å². The summed E-state index contributed by atoms with van der Waals surface area (Å²) >= 11 is 5.91. The highest BCUT2D eigenvalue weighted by Crippen LogP contribution is 2.24. The molecule has 1 heterocycles. The summed E-state index contributed by atoms with van der Waals surface area (Å²) in [5.74, 6) is -0.180. The van der Waals surface area contributed by atoms with Crippen LogP contribution in [-0.4, -0.2) is 38.4 Å². The first-order chi connectivity index (χ1) is 10.8. The van der Waals surface area contributed by atoms with Gasteiger partial charge >= 0.3 is 0 Å². The summed E-state index contributed by atoms with van der Waals surface area (Å²) in [7, 11) is 0. The number of hydrogen-bond acceptors (Lipinski definition) is 4. The number of carbonyl (C=O) groups is 1. The quantitative estimate of drug-likeness (QED) is 0.910. The molecule has 6 nitrogen and oxygen atoms in total. The molecule has 0 radical (unpaired) electrons. The Hall–Kier alpha value is -1.92. The minimum atomic E-state index is -0.669. The summed E-state index contributed by atoms with van der Waals surface area (Å²) in [5.41, 5.74) is 0.348. The number of rotatable bonds is 5. The van der Waals surface area contributed by atoms with Crippen LogP contribution in [0.5, 0.6) is 0 Å². The van der Waals surface area contributed by atoms with Crippen LogP contribution in [0.2, 0.25) is 5.02 Å². The Balaban J connectivity index is 2.23. The van der Waals surface area contributed by atoms with Gasteiger partial charge in [-0.2, -0.15) is 5.10 Å². The molecule has 0 bridgehead atoms. The number of halogens is 1. The van der Waals surface area contributed by atoms with E-state index < -0.39 is 6.10 Å². The number of aromatic nitrogens is 3. The van der Waals surface area contributed by atoms with Crippen molar-refractivity contribution in [2.45, 2.75) is 33.4 Å². The normalized spacial score (nSPS) is 12.9. The zero-order chi connectivity index (χ0) is 17.0. The molecule has 0 saturated heterocycles. The highest BCUT2D eigenvalue weighted by molar-refractivity contribution is 6.30. The minimum absolute atomic E-state index is 0.0550. The Morgan fingerprint density at radius 3 is 2.52 bits per heavy atom. The molecule has 1 atom stereocenters. The van der Waals surface area contributed by atoms with E-state index in [-0.39, 0.29) is 24.4 Å². The van der Waals surface area contributed by atoms with Crippen molar-refractivity contribution in [1.29, 1.82) is 0 Å². The Labute approximate surface area is 140 Å². The maximum absolute atomic E-state index is 12.7. The molecule has 1 amide bonds. The smallest absolute Gasteiger partial charge is 0.248 e. The molecule has 0 spiro atoms. The van der Waals surface area contributed by atoms with Gasteiger partial charge < -0.3 is 10.0 Å². The summed E-state index contributed by atoms with van der Waals surface area (Å²) < 4.78 is 1.45. The molecular formula is C16H21ClN4O2. The van der Waals surface area contributed by atoms with E-state index in [0.29, 0.717) is 10.7 Å². The largest absolute Gasteiger partial charge is 0.391 e. The van der Waals surface area contributed by atoms with Crippen molar-refractivity contribution < 1.29 is 9.90 Å². The Morgan fingerprint density at radius 2 is 2.00 bits per heavy atom. The van der Waals surface area contributed by atoms with Crippen LogP contribution in [-0.2, 0) is 11.3 Å². The standard InChI is InChI=1S/C16H21ClN4O2/c1-16(2,3)14(22)8-21(13-6-4-12(17)5-7-13)15(23)9-20-11-18-10-19-20/h4-7,10-11,14,22H,8-9H2,1-3H3. The minimum Gasteiger partial charge on any atom is -0.391 e. The zero-order valence-corrected chi connectivity index (χ0v) is 14.2. The van der Waals surface area contributed by atoms with Gasteiger partial charge in [0.05, 0.1) is 12.6 Å². The van der Waals surface area contributed by atoms with Crippen molar-refractivity contribution >= 4 is 23.2 Å². The third kappa shape index (κ3) is 4.77. The molecule has 0 aliphatic rings. The Kier molecular flexibility index (Phi) is 5.38. The highest BCUT2D eigenvalue weighted by Gasteiger charge is 2.27. The van der Waals surface area contributed by atoms with E-state index in [4.69, 9.17) is 11.6 Å². The topological polar surface area (TPSA) is 71.2 Å². The summed E-state index contributed by atoms with van der Waals surface area (Å²) in [6.07, 6.45) is 2.19. The van der Waals surface area contributed by atoms with Crippen LogP contribution in [0, 0.1) is 5.41 Å². The summed E-state index contributed by atoms with van der Waals surface area (Å²) in [6.45, 7) is 6.04. The molecule has 0 aliphatic carbocycles. The number of benzene rings is 1. The van der Waals surface area contributed by atoms with E-state index in [0.717, 1.165) is 0 Å². The Bertz CT molecular complexity index is 635. The van der Waals surface area contributed by atoms with Crippen LogP contribution in [0.4, 0.5) is 5.69 Å². The van der Waals surface area contributed by atoms with Gasteiger partial charge in [0.25, 0.3) is 0 Å². The molecule has 124 valence electrons. The summed E-state index contributed by atoms with van der Waals surface area (Å²) in [4.78, 5) is 18.0. The average Bonchev–Trinajstić information content (AvgIpc) is 2.97. The molecule has 7 heteroatoms. The van der Waals surface area contributed by atoms with E-state index in [9.17, 15) is 9.90 Å². The van der Waals surface area contributed by atoms with Crippen LogP contribution >= 0.6 is 11.6 Å². The van der Waals surface area contributed by atoms with Gasteiger partial charge in [0.2, 0.25) is 5.91 Å². The molecule has 0 fully saturated rings. The average molecular weight is 337 g/mol. The lowest BCUT2D eigenvalue weighted by atomic mass is 9.89. The van der Waals surface area contributed by atoms with Crippen molar-refractivity contribution in [3.63, 3.8) is 0 Å². The van der Waals surface area contributed by atoms with Crippen LogP contribution in [0.1, 0.15) is 20.8 Å². The molecule has 2 aromatic rings. The maximum Gasteiger partial charge on any atom is 0.248 e. The molecule has 1 aromatic carbocycles. The zero-order valence-electron chi connectivity index (χ0n) is 13.5. The Morgan fingerprint density at radius 1 is 1.35 bits per heavy atom. The van der Waals surface area contributed by atoms with Gasteiger partial charge in [-0.3, -0.25) is 4.79 Å². The lowest BCUT2D eigenvalue weighted by Gasteiger charge is -2.32. The second-order valence-electron chi connectivity index (χ2n) is 6.46. The van der Waals surface area contributed by atoms with E-state index in [1.54, 1.807) is 29.2 Å². The maximum atomic E-state index is 12.7. The van der Waals surface area contributed by atoms with Gasteiger partial charge in [-0.25, -0.2) is 9.67 Å². The molecule has 2 rings (SSSR count). The van der Waals surface area contributed by atoms with Crippen LogP contribution in [0.3, 0.4) is 0 Å². The number of nitrogens with zero attached hydrogens (tertiary/aromatic N) is 4. The van der Waals surface area contributed by atoms with Crippen molar-refractivity contribution in [2.24, 2.45) is 5.41 Å². The van der Waals surface area contributed by atoms with E-state index in [2.05, 4.69) is 10.1 Å². The number of amides is 1. The van der Waals surface area contributed by atoms with Crippen molar-refractivity contribution in [2.75, 3.05) is 11.4 Å². The molecule has 1 unspecified atom stereocenters. The van der Waals surface area contributed by atoms with Gasteiger partial charge in [0.15, 0.2) is 0 Å². The molecule has 23 heavy (non-hydrogen) atoms. The van der Waals surface area contributed by atoms with Crippen molar-refractivity contribution in [3.8, 4) is 0 Å². The van der Waals surface area contributed by atoms with Crippen molar-refractivity contribution in [1.82, 2.24) is 14.8 Å². The fraction of sp³-hybridized carbons (Fsp3) is 0.438. The van der Waals surface area contributed by atoms with Crippen LogP contribution in [0.25, 0.3) is 0 Å². The number of anilines is 1. The van der Waals surface area contributed by atoms with Gasteiger partial charge in [0.1, 0.15) is 19.2 Å². The highest BCUT2D eigenvalue weighted by atomic mass is 35.5. The number of hydrogen-bond donors (Lipinski definition) is 1. The molecular weight excluding hydrogens is 316 g/mol. The molecule has 0 aliphatic heterocycles.